The Hall–Kier alpha value is -0.715. The van der Waals surface area contributed by atoms with Gasteiger partial charge in [0.15, 0.2) is 6.71 Å². The molecular formula is C29H51B. The van der Waals surface area contributed by atoms with Crippen molar-refractivity contribution in [1.82, 2.24) is 0 Å². The molecule has 0 bridgehead atoms. The first-order valence-corrected chi connectivity index (χ1v) is 13.5. The quantitative estimate of drug-likeness (QED) is 0.238. The van der Waals surface area contributed by atoms with Crippen molar-refractivity contribution in [3.8, 4) is 0 Å². The average molecular weight is 411 g/mol. The zero-order valence-electron chi connectivity index (χ0n) is 21.5. The van der Waals surface area contributed by atoms with Gasteiger partial charge in [-0.25, -0.2) is 0 Å². The molecule has 1 aliphatic carbocycles. The Bertz CT molecular complexity index is 578. The largest absolute Gasteiger partial charge is 0.179 e. The maximum atomic E-state index is 2.59. The first-order chi connectivity index (χ1) is 14.4. The predicted molar refractivity (Wildman–Crippen MR) is 139 cm³/mol. The highest BCUT2D eigenvalue weighted by Gasteiger charge is 2.33. The van der Waals surface area contributed by atoms with Crippen molar-refractivity contribution in [2.75, 3.05) is 0 Å². The minimum atomic E-state index is 0.612. The smallest absolute Gasteiger partial charge is 0.0730 e. The van der Waals surface area contributed by atoms with Crippen LogP contribution in [-0.2, 0) is 0 Å². The molecule has 0 spiro atoms. The standard InChI is InChI=1S/C29H51B/c1-8-9-10-11-12-16-19-30(26-17-14-13-15-18-26)29-27(23(4)5)20-25(22(2)3)21-28(29)24(6)7/h20-24,26H,8-19H2,1-7H3. The Balaban J connectivity index is 2.38. The number of rotatable bonds is 12. The molecule has 0 aliphatic heterocycles. The minimum Gasteiger partial charge on any atom is -0.0730 e. The summed E-state index contributed by atoms with van der Waals surface area (Å²) in [7, 11) is 0. The maximum absolute atomic E-state index is 2.59. The molecule has 0 saturated heterocycles. The van der Waals surface area contributed by atoms with E-state index in [9.17, 15) is 0 Å². The Morgan fingerprint density at radius 2 is 1.27 bits per heavy atom. The van der Waals surface area contributed by atoms with Crippen LogP contribution in [0.3, 0.4) is 0 Å². The van der Waals surface area contributed by atoms with Crippen molar-refractivity contribution in [2.45, 2.75) is 149 Å². The van der Waals surface area contributed by atoms with Crippen LogP contribution >= 0.6 is 0 Å². The van der Waals surface area contributed by atoms with Gasteiger partial charge in [-0.2, -0.15) is 0 Å². The number of unbranched alkanes of at least 4 members (excludes halogenated alkanes) is 5. The van der Waals surface area contributed by atoms with E-state index in [0.717, 1.165) is 12.5 Å². The summed E-state index contributed by atoms with van der Waals surface area (Å²) in [6, 6.07) is 5.18. The van der Waals surface area contributed by atoms with Crippen molar-refractivity contribution < 1.29 is 0 Å². The van der Waals surface area contributed by atoms with Gasteiger partial charge in [-0.15, -0.1) is 0 Å². The average Bonchev–Trinajstić information content (AvgIpc) is 2.73. The minimum absolute atomic E-state index is 0.612. The van der Waals surface area contributed by atoms with Crippen LogP contribution < -0.4 is 5.46 Å². The highest BCUT2D eigenvalue weighted by Crippen LogP contribution is 2.36. The Labute approximate surface area is 190 Å². The molecule has 2 rings (SSSR count). The topological polar surface area (TPSA) is 0 Å². The third-order valence-electron chi connectivity index (χ3n) is 7.64. The molecule has 30 heavy (non-hydrogen) atoms. The maximum Gasteiger partial charge on any atom is 0.179 e. The lowest BCUT2D eigenvalue weighted by molar-refractivity contribution is 0.495. The van der Waals surface area contributed by atoms with Gasteiger partial charge in [0, 0.05) is 0 Å². The zero-order valence-corrected chi connectivity index (χ0v) is 21.5. The highest BCUT2D eigenvalue weighted by molar-refractivity contribution is 6.75. The van der Waals surface area contributed by atoms with Crippen LogP contribution in [0.4, 0.5) is 0 Å². The van der Waals surface area contributed by atoms with Crippen LogP contribution in [0.25, 0.3) is 0 Å². The molecule has 0 unspecified atom stereocenters. The summed E-state index contributed by atoms with van der Waals surface area (Å²) < 4.78 is 0. The molecule has 1 saturated carbocycles. The predicted octanol–water partition coefficient (Wildman–Crippen LogP) is 9.45. The van der Waals surface area contributed by atoms with Crippen LogP contribution in [0.15, 0.2) is 12.1 Å². The monoisotopic (exact) mass is 410 g/mol. The van der Waals surface area contributed by atoms with E-state index in [1.54, 1.807) is 22.2 Å². The molecule has 170 valence electrons. The van der Waals surface area contributed by atoms with Crippen LogP contribution in [0, 0.1) is 0 Å². The third kappa shape index (κ3) is 7.17. The highest BCUT2D eigenvalue weighted by atomic mass is 14.2. The van der Waals surface area contributed by atoms with Gasteiger partial charge in [-0.3, -0.25) is 0 Å². The molecule has 0 heterocycles. The number of hydrogen-bond donors (Lipinski definition) is 0. The normalized spacial score (nSPS) is 15.5. The molecule has 1 aliphatic rings. The van der Waals surface area contributed by atoms with Gasteiger partial charge in [0.05, 0.1) is 0 Å². The third-order valence-corrected chi connectivity index (χ3v) is 7.64. The fourth-order valence-corrected chi connectivity index (χ4v) is 5.74. The fraction of sp³-hybridized carbons (Fsp3) is 0.793. The molecule has 1 aromatic carbocycles. The molecule has 0 amide bonds. The summed E-state index contributed by atoms with van der Waals surface area (Å²) in [5.41, 5.74) is 6.68. The van der Waals surface area contributed by atoms with Crippen molar-refractivity contribution in [2.24, 2.45) is 0 Å². The number of benzene rings is 1. The number of hydrogen-bond acceptors (Lipinski definition) is 0. The van der Waals surface area contributed by atoms with Crippen molar-refractivity contribution in [1.29, 1.82) is 0 Å². The van der Waals surface area contributed by atoms with Crippen molar-refractivity contribution in [3.63, 3.8) is 0 Å². The van der Waals surface area contributed by atoms with E-state index in [-0.39, 0.29) is 0 Å². The molecule has 1 heteroatoms. The van der Waals surface area contributed by atoms with Crippen molar-refractivity contribution in [3.05, 3.63) is 28.8 Å². The summed E-state index contributed by atoms with van der Waals surface area (Å²) in [5, 5.41) is 0. The Morgan fingerprint density at radius 3 is 1.77 bits per heavy atom. The van der Waals surface area contributed by atoms with Crippen LogP contribution in [0.5, 0.6) is 0 Å². The first-order valence-electron chi connectivity index (χ1n) is 13.5. The second kappa shape index (κ2) is 13.0. The van der Waals surface area contributed by atoms with E-state index in [0.29, 0.717) is 17.8 Å². The van der Waals surface area contributed by atoms with E-state index in [4.69, 9.17) is 0 Å². The summed E-state index contributed by atoms with van der Waals surface area (Å²) in [5.74, 6) is 2.76. The second-order valence-electron chi connectivity index (χ2n) is 11.1. The molecule has 1 fully saturated rings. The first kappa shape index (κ1) is 25.5. The molecule has 0 nitrogen and oxygen atoms in total. The molecular weight excluding hydrogens is 359 g/mol. The van der Waals surface area contributed by atoms with E-state index in [2.05, 4.69) is 60.6 Å². The van der Waals surface area contributed by atoms with Crippen LogP contribution in [0.2, 0.25) is 12.1 Å². The van der Waals surface area contributed by atoms with Gasteiger partial charge in [-0.1, -0.05) is 160 Å². The lowest BCUT2D eigenvalue weighted by atomic mass is 9.31. The summed E-state index contributed by atoms with van der Waals surface area (Å²) in [6.45, 7) is 17.5. The van der Waals surface area contributed by atoms with Gasteiger partial charge in [0.2, 0.25) is 0 Å². The van der Waals surface area contributed by atoms with Crippen LogP contribution in [-0.4, -0.2) is 6.71 Å². The molecule has 0 radical (unpaired) electrons. The van der Waals surface area contributed by atoms with E-state index < -0.39 is 0 Å². The van der Waals surface area contributed by atoms with Gasteiger partial charge in [0.1, 0.15) is 0 Å². The Morgan fingerprint density at radius 1 is 0.733 bits per heavy atom. The van der Waals surface area contributed by atoms with Gasteiger partial charge in [0.25, 0.3) is 0 Å². The van der Waals surface area contributed by atoms with Crippen LogP contribution in [0.1, 0.15) is 154 Å². The Kier molecular flexibility index (Phi) is 11.0. The SMILES string of the molecule is CCCCCCCCB(c1c(C(C)C)cc(C(C)C)cc1C(C)C)C1CCCCC1. The van der Waals surface area contributed by atoms with Gasteiger partial charge < -0.3 is 0 Å². The summed E-state index contributed by atoms with van der Waals surface area (Å²) in [6.07, 6.45) is 17.2. The summed E-state index contributed by atoms with van der Waals surface area (Å²) in [4.78, 5) is 0. The summed E-state index contributed by atoms with van der Waals surface area (Å²) >= 11 is 0. The second-order valence-corrected chi connectivity index (χ2v) is 11.1. The van der Waals surface area contributed by atoms with E-state index in [1.807, 2.05) is 0 Å². The fourth-order valence-electron chi connectivity index (χ4n) is 5.74. The molecule has 1 aromatic rings. The zero-order chi connectivity index (χ0) is 22.1. The molecule has 0 atom stereocenters. The van der Waals surface area contributed by atoms with Crippen molar-refractivity contribution >= 4 is 12.2 Å². The molecule has 0 aromatic heterocycles. The lowest BCUT2D eigenvalue weighted by Gasteiger charge is -2.34. The van der Waals surface area contributed by atoms with Gasteiger partial charge >= 0.3 is 0 Å². The van der Waals surface area contributed by atoms with E-state index >= 15 is 0 Å². The van der Waals surface area contributed by atoms with E-state index in [1.165, 1.54) is 76.9 Å². The lowest BCUT2D eigenvalue weighted by Crippen LogP contribution is -2.41. The van der Waals surface area contributed by atoms with Gasteiger partial charge in [-0.05, 0) is 23.3 Å². The molecule has 0 N–H and O–H groups in total.